The van der Waals surface area contributed by atoms with Crippen molar-refractivity contribution in [3.63, 3.8) is 0 Å². The number of nitrogens with one attached hydrogen (secondary N) is 2. The summed E-state index contributed by atoms with van der Waals surface area (Å²) in [5.74, 6) is -0.665. The zero-order valence-electron chi connectivity index (χ0n) is 18.5. The number of ketones is 1. The van der Waals surface area contributed by atoms with Gasteiger partial charge in [-0.15, -0.1) is 11.3 Å². The molecule has 0 unspecified atom stereocenters. The average molecular weight is 456 g/mol. The maximum absolute atomic E-state index is 13.1. The number of hydrogen-bond acceptors (Lipinski definition) is 5. The van der Waals surface area contributed by atoms with Crippen molar-refractivity contribution in [3.8, 4) is 6.07 Å². The lowest BCUT2D eigenvalue weighted by Gasteiger charge is -2.11. The number of allylic oxidation sites excluding steroid dienone is 1. The maximum atomic E-state index is 13.1. The lowest BCUT2D eigenvalue weighted by atomic mass is 9.96. The van der Waals surface area contributed by atoms with Gasteiger partial charge >= 0.3 is 0 Å². The summed E-state index contributed by atoms with van der Waals surface area (Å²) in [5, 5.41) is 16.4. The molecule has 0 aliphatic heterocycles. The largest absolute Gasteiger partial charge is 0.347 e. The van der Waals surface area contributed by atoms with E-state index >= 15 is 0 Å². The van der Waals surface area contributed by atoms with Crippen LogP contribution < -0.4 is 10.6 Å². The van der Waals surface area contributed by atoms with Gasteiger partial charge < -0.3 is 10.6 Å². The van der Waals surface area contributed by atoms with E-state index in [9.17, 15) is 14.9 Å². The minimum atomic E-state index is -0.394. The first kappa shape index (κ1) is 22.5. The third-order valence-corrected chi connectivity index (χ3v) is 6.89. The number of anilines is 1. The quantitative estimate of drug-likeness (QED) is 0.374. The molecule has 0 saturated heterocycles. The van der Waals surface area contributed by atoms with E-state index in [1.807, 2.05) is 49.4 Å². The Morgan fingerprint density at radius 2 is 1.79 bits per heavy atom. The molecule has 1 aliphatic rings. The molecule has 1 aromatic heterocycles. The predicted molar refractivity (Wildman–Crippen MR) is 131 cm³/mol. The molecule has 4 rings (SSSR count). The monoisotopic (exact) mass is 455 g/mol. The van der Waals surface area contributed by atoms with Gasteiger partial charge in [-0.3, -0.25) is 9.59 Å². The van der Waals surface area contributed by atoms with E-state index in [1.165, 1.54) is 22.3 Å². The van der Waals surface area contributed by atoms with E-state index < -0.39 is 5.91 Å². The second-order valence-corrected chi connectivity index (χ2v) is 9.21. The lowest BCUT2D eigenvalue weighted by Crippen LogP contribution is -2.28. The number of nitriles is 1. The number of amides is 1. The molecule has 0 spiro atoms. The van der Waals surface area contributed by atoms with Crippen LogP contribution in [0, 0.1) is 18.3 Å². The molecule has 6 heteroatoms. The fraction of sp³-hybridized carbons (Fsp3) is 0.222. The highest BCUT2D eigenvalue weighted by atomic mass is 32.1. The highest BCUT2D eigenvalue weighted by molar-refractivity contribution is 7.16. The minimum Gasteiger partial charge on any atom is -0.347 e. The van der Waals surface area contributed by atoms with Gasteiger partial charge in [0.2, 0.25) is 0 Å². The molecule has 1 aliphatic carbocycles. The summed E-state index contributed by atoms with van der Waals surface area (Å²) in [6.45, 7) is 2.29. The van der Waals surface area contributed by atoms with Gasteiger partial charge in [0.1, 0.15) is 16.8 Å². The summed E-state index contributed by atoms with van der Waals surface area (Å²) in [5.41, 5.74) is 4.30. The number of benzene rings is 2. The van der Waals surface area contributed by atoms with Crippen molar-refractivity contribution >= 4 is 28.0 Å². The fourth-order valence-electron chi connectivity index (χ4n) is 3.86. The SMILES string of the molecule is Cc1ccc(C(=O)C=C(Nc2sc3c(c2C#N)CCCC3)C(=O)NCc2ccccc2)cc1. The molecule has 3 aromatic rings. The molecular formula is C27H25N3O2S. The Balaban J connectivity index is 1.63. The zero-order chi connectivity index (χ0) is 23.2. The Morgan fingerprint density at radius 3 is 2.52 bits per heavy atom. The minimum absolute atomic E-state index is 0.131. The van der Waals surface area contributed by atoms with Crippen LogP contribution in [-0.2, 0) is 24.2 Å². The number of aryl methyl sites for hydroxylation is 2. The number of nitrogens with zero attached hydrogens (tertiary/aromatic N) is 1. The van der Waals surface area contributed by atoms with E-state index in [1.54, 1.807) is 12.1 Å². The Labute approximate surface area is 197 Å². The molecule has 33 heavy (non-hydrogen) atoms. The molecule has 0 atom stereocenters. The van der Waals surface area contributed by atoms with Gasteiger partial charge in [-0.25, -0.2) is 0 Å². The fourth-order valence-corrected chi connectivity index (χ4v) is 5.11. The molecule has 1 amide bonds. The lowest BCUT2D eigenvalue weighted by molar-refractivity contribution is -0.117. The van der Waals surface area contributed by atoms with Crippen LogP contribution in [0.5, 0.6) is 0 Å². The first-order chi connectivity index (χ1) is 16.0. The number of carbonyl (C=O) groups excluding carboxylic acids is 2. The van der Waals surface area contributed by atoms with Gasteiger partial charge in [0.25, 0.3) is 5.91 Å². The molecule has 0 bridgehead atoms. The summed E-state index contributed by atoms with van der Waals surface area (Å²) in [7, 11) is 0. The van der Waals surface area contributed by atoms with Crippen LogP contribution >= 0.6 is 11.3 Å². The second-order valence-electron chi connectivity index (χ2n) is 8.11. The smallest absolute Gasteiger partial charge is 0.268 e. The Morgan fingerprint density at radius 1 is 1.06 bits per heavy atom. The van der Waals surface area contributed by atoms with Crippen LogP contribution in [0.25, 0.3) is 0 Å². The first-order valence-electron chi connectivity index (χ1n) is 11.0. The van der Waals surface area contributed by atoms with E-state index in [0.29, 0.717) is 22.7 Å². The predicted octanol–water partition coefficient (Wildman–Crippen LogP) is 5.30. The molecule has 166 valence electrons. The number of carbonyl (C=O) groups is 2. The molecule has 0 fully saturated rings. The van der Waals surface area contributed by atoms with Crippen molar-refractivity contribution in [2.24, 2.45) is 0 Å². The number of rotatable bonds is 7. The average Bonchev–Trinajstić information content (AvgIpc) is 3.20. The third-order valence-electron chi connectivity index (χ3n) is 5.68. The first-order valence-corrected chi connectivity index (χ1v) is 11.8. The standard InChI is InChI=1S/C27H25N3O2S/c1-18-11-13-20(14-12-18)24(31)15-23(26(32)29-17-19-7-3-2-4-8-19)30-27-22(16-28)21-9-5-6-10-25(21)33-27/h2-4,7-8,11-15,30H,5-6,9-10,17H2,1H3,(H,29,32). The number of fused-ring (bicyclic) bond motifs is 1. The summed E-state index contributed by atoms with van der Waals surface area (Å²) in [4.78, 5) is 27.2. The maximum Gasteiger partial charge on any atom is 0.268 e. The van der Waals surface area contributed by atoms with E-state index in [4.69, 9.17) is 0 Å². The second kappa shape index (κ2) is 10.3. The van der Waals surface area contributed by atoms with Crippen molar-refractivity contribution in [1.29, 1.82) is 5.26 Å². The topological polar surface area (TPSA) is 82.0 Å². The molecule has 2 N–H and O–H groups in total. The van der Waals surface area contributed by atoms with Crippen molar-refractivity contribution in [3.05, 3.63) is 99.1 Å². The highest BCUT2D eigenvalue weighted by Gasteiger charge is 2.23. The molecule has 2 aromatic carbocycles. The molecule has 0 radical (unpaired) electrons. The van der Waals surface area contributed by atoms with Crippen LogP contribution in [0.15, 0.2) is 66.4 Å². The third kappa shape index (κ3) is 5.39. The Kier molecular flexibility index (Phi) is 7.01. The summed E-state index contributed by atoms with van der Waals surface area (Å²) < 4.78 is 0. The summed E-state index contributed by atoms with van der Waals surface area (Å²) in [6, 6.07) is 19.1. The Bertz CT molecular complexity index is 1230. The van der Waals surface area contributed by atoms with Gasteiger partial charge in [-0.05, 0) is 43.7 Å². The van der Waals surface area contributed by atoms with Gasteiger partial charge in [0.05, 0.1) is 5.56 Å². The van der Waals surface area contributed by atoms with Gasteiger partial charge in [0, 0.05) is 23.1 Å². The van der Waals surface area contributed by atoms with E-state index in [-0.39, 0.29) is 11.5 Å². The molecule has 5 nitrogen and oxygen atoms in total. The summed E-state index contributed by atoms with van der Waals surface area (Å²) >= 11 is 1.51. The van der Waals surface area contributed by atoms with Crippen LogP contribution in [0.2, 0.25) is 0 Å². The Hall–Kier alpha value is -3.69. The highest BCUT2D eigenvalue weighted by Crippen LogP contribution is 2.38. The molecular weight excluding hydrogens is 430 g/mol. The molecule has 0 saturated carbocycles. The van der Waals surface area contributed by atoms with Crippen molar-refractivity contribution < 1.29 is 9.59 Å². The summed E-state index contributed by atoms with van der Waals surface area (Å²) in [6.07, 6.45) is 5.30. The van der Waals surface area contributed by atoms with Crippen LogP contribution in [0.4, 0.5) is 5.00 Å². The van der Waals surface area contributed by atoms with E-state index in [2.05, 4.69) is 16.7 Å². The normalized spacial score (nSPS) is 13.0. The van der Waals surface area contributed by atoms with Gasteiger partial charge in [-0.1, -0.05) is 60.2 Å². The number of thiophene rings is 1. The van der Waals surface area contributed by atoms with Gasteiger partial charge in [-0.2, -0.15) is 5.26 Å². The molecule has 1 heterocycles. The zero-order valence-corrected chi connectivity index (χ0v) is 19.3. The van der Waals surface area contributed by atoms with Crippen molar-refractivity contribution in [2.75, 3.05) is 5.32 Å². The van der Waals surface area contributed by atoms with Crippen LogP contribution in [0.1, 0.15) is 50.3 Å². The van der Waals surface area contributed by atoms with Crippen LogP contribution in [-0.4, -0.2) is 11.7 Å². The van der Waals surface area contributed by atoms with Crippen molar-refractivity contribution in [1.82, 2.24) is 5.32 Å². The van der Waals surface area contributed by atoms with E-state index in [0.717, 1.165) is 42.4 Å². The van der Waals surface area contributed by atoms with Crippen LogP contribution in [0.3, 0.4) is 0 Å². The number of hydrogen-bond donors (Lipinski definition) is 2. The van der Waals surface area contributed by atoms with Crippen molar-refractivity contribution in [2.45, 2.75) is 39.2 Å². The van der Waals surface area contributed by atoms with Gasteiger partial charge in [0.15, 0.2) is 5.78 Å².